The maximum absolute atomic E-state index is 13.6. The van der Waals surface area contributed by atoms with E-state index < -0.39 is 11.6 Å². The second-order valence-corrected chi connectivity index (χ2v) is 10.0. The van der Waals surface area contributed by atoms with E-state index in [-0.39, 0.29) is 16.9 Å². The molecule has 8 heteroatoms. The first kappa shape index (κ1) is 22.1. The number of aromatic nitrogens is 1. The van der Waals surface area contributed by atoms with Gasteiger partial charge in [-0.05, 0) is 61.4 Å². The molecule has 2 aliphatic heterocycles. The molecule has 3 heterocycles. The molecule has 0 aliphatic carbocycles. The summed E-state index contributed by atoms with van der Waals surface area (Å²) in [4.78, 5) is 32.2. The molecule has 1 aromatic heterocycles. The topological polar surface area (TPSA) is 56.4 Å². The van der Waals surface area contributed by atoms with Crippen molar-refractivity contribution in [1.29, 1.82) is 0 Å². The van der Waals surface area contributed by atoms with Gasteiger partial charge in [-0.15, -0.1) is 0 Å². The van der Waals surface area contributed by atoms with Crippen molar-refractivity contribution in [2.24, 2.45) is 5.41 Å². The van der Waals surface area contributed by atoms with E-state index in [1.165, 1.54) is 18.2 Å². The summed E-state index contributed by atoms with van der Waals surface area (Å²) >= 11 is 3.45. The minimum Gasteiger partial charge on any atom is -0.371 e. The van der Waals surface area contributed by atoms with Crippen molar-refractivity contribution in [3.63, 3.8) is 0 Å². The van der Waals surface area contributed by atoms with Crippen LogP contribution in [0.3, 0.4) is 0 Å². The minimum atomic E-state index is -0.829. The van der Waals surface area contributed by atoms with Gasteiger partial charge < -0.3 is 14.8 Å². The fourth-order valence-corrected chi connectivity index (χ4v) is 5.54. The summed E-state index contributed by atoms with van der Waals surface area (Å²) < 4.78 is 27.7. The Balaban J connectivity index is 1.27. The number of carbonyl (C=O) groups is 1. The Hall–Kier alpha value is -2.74. The highest BCUT2D eigenvalue weighted by Gasteiger charge is 2.39. The molecular formula is C25H24BrF2N3O2. The van der Waals surface area contributed by atoms with Gasteiger partial charge in [-0.25, -0.2) is 8.78 Å². The normalized spacial score (nSPS) is 18.2. The number of piperidine rings is 2. The van der Waals surface area contributed by atoms with Gasteiger partial charge in [0.2, 0.25) is 5.56 Å². The molecule has 2 fully saturated rings. The molecule has 0 atom stereocenters. The Morgan fingerprint density at radius 1 is 0.909 bits per heavy atom. The monoisotopic (exact) mass is 515 g/mol. The highest BCUT2D eigenvalue weighted by atomic mass is 79.9. The van der Waals surface area contributed by atoms with Crippen molar-refractivity contribution in [2.75, 3.05) is 31.1 Å². The van der Waals surface area contributed by atoms with Crippen LogP contribution in [0.15, 0.2) is 51.7 Å². The molecule has 5 rings (SSSR count). The first-order valence-electron chi connectivity index (χ1n) is 11.2. The summed E-state index contributed by atoms with van der Waals surface area (Å²) in [6, 6.07) is 10.9. The summed E-state index contributed by atoms with van der Waals surface area (Å²) in [6.07, 6.45) is 3.70. The Kier molecular flexibility index (Phi) is 5.72. The number of carbonyl (C=O) groups excluding carboxylic acids is 1. The number of likely N-dealkylation sites (tertiary alicyclic amines) is 1. The molecule has 33 heavy (non-hydrogen) atoms. The number of halogens is 3. The van der Waals surface area contributed by atoms with Gasteiger partial charge in [0, 0.05) is 59.4 Å². The van der Waals surface area contributed by atoms with E-state index in [0.717, 1.165) is 48.6 Å². The lowest BCUT2D eigenvalue weighted by Crippen LogP contribution is -2.48. The smallest absolute Gasteiger partial charge is 0.254 e. The van der Waals surface area contributed by atoms with E-state index in [1.54, 1.807) is 12.1 Å². The number of fused-ring (bicyclic) bond motifs is 1. The average molecular weight is 516 g/mol. The van der Waals surface area contributed by atoms with Gasteiger partial charge in [0.15, 0.2) is 11.6 Å². The lowest BCUT2D eigenvalue weighted by Gasteiger charge is -2.47. The van der Waals surface area contributed by atoms with Crippen LogP contribution < -0.4 is 10.5 Å². The Morgan fingerprint density at radius 3 is 2.30 bits per heavy atom. The third kappa shape index (κ3) is 4.28. The summed E-state index contributed by atoms with van der Waals surface area (Å²) in [5, 5.41) is 0.731. The molecule has 3 aromatic rings. The highest BCUT2D eigenvalue weighted by Crippen LogP contribution is 2.42. The molecule has 0 radical (unpaired) electrons. The van der Waals surface area contributed by atoms with Gasteiger partial charge in [-0.2, -0.15) is 0 Å². The largest absolute Gasteiger partial charge is 0.371 e. The molecular weight excluding hydrogens is 492 g/mol. The quantitative estimate of drug-likeness (QED) is 0.517. The zero-order chi connectivity index (χ0) is 23.2. The number of benzene rings is 2. The van der Waals surface area contributed by atoms with Gasteiger partial charge >= 0.3 is 0 Å². The van der Waals surface area contributed by atoms with Crippen molar-refractivity contribution in [3.05, 3.63) is 74.5 Å². The molecule has 0 saturated carbocycles. The molecule has 2 saturated heterocycles. The standard InChI is InChI=1S/C25H24BrF2N3O2/c26-16-1-4-22-18(13-16)19(15-23(32)29-22)24(33)31-11-7-25(8-12-31)5-9-30(10-6-25)17-2-3-20(27)21(28)14-17/h1-4,13-15H,5-12H2,(H,29,32). The van der Waals surface area contributed by atoms with Crippen LogP contribution in [0.1, 0.15) is 36.0 Å². The van der Waals surface area contributed by atoms with Gasteiger partial charge in [0.1, 0.15) is 0 Å². The first-order chi connectivity index (χ1) is 15.8. The van der Waals surface area contributed by atoms with Crippen LogP contribution in [0.4, 0.5) is 14.5 Å². The Morgan fingerprint density at radius 2 is 1.61 bits per heavy atom. The number of pyridine rings is 1. The van der Waals surface area contributed by atoms with E-state index in [0.29, 0.717) is 29.9 Å². The number of hydrogen-bond acceptors (Lipinski definition) is 3. The molecule has 1 N–H and O–H groups in total. The summed E-state index contributed by atoms with van der Waals surface area (Å²) in [6.45, 7) is 2.86. The third-order valence-electron chi connectivity index (χ3n) is 7.24. The van der Waals surface area contributed by atoms with E-state index in [1.807, 2.05) is 17.0 Å². The molecule has 0 bridgehead atoms. The summed E-state index contributed by atoms with van der Waals surface area (Å²) in [7, 11) is 0. The summed E-state index contributed by atoms with van der Waals surface area (Å²) in [5.41, 5.74) is 1.66. The van der Waals surface area contributed by atoms with Crippen LogP contribution in [0, 0.1) is 17.0 Å². The molecule has 172 valence electrons. The molecule has 2 aliphatic rings. The zero-order valence-corrected chi connectivity index (χ0v) is 19.6. The van der Waals surface area contributed by atoms with E-state index in [4.69, 9.17) is 0 Å². The zero-order valence-electron chi connectivity index (χ0n) is 18.0. The average Bonchev–Trinajstić information content (AvgIpc) is 2.81. The van der Waals surface area contributed by atoms with Crippen LogP contribution >= 0.6 is 15.9 Å². The SMILES string of the molecule is O=C(c1cc(=O)[nH]c2ccc(Br)cc12)N1CCC2(CC1)CCN(c1ccc(F)c(F)c1)CC2. The van der Waals surface area contributed by atoms with E-state index in [9.17, 15) is 18.4 Å². The summed E-state index contributed by atoms with van der Waals surface area (Å²) in [5.74, 6) is -1.76. The number of H-pyrrole nitrogens is 1. The van der Waals surface area contributed by atoms with Gasteiger partial charge in [-0.1, -0.05) is 15.9 Å². The fraction of sp³-hybridized carbons (Fsp3) is 0.360. The third-order valence-corrected chi connectivity index (χ3v) is 7.73. The second-order valence-electron chi connectivity index (χ2n) is 9.11. The maximum atomic E-state index is 13.6. The Labute approximate surface area is 198 Å². The number of anilines is 1. The predicted octanol–water partition coefficient (Wildman–Crippen LogP) is 5.09. The molecule has 2 aromatic carbocycles. The minimum absolute atomic E-state index is 0.113. The van der Waals surface area contributed by atoms with Crippen molar-refractivity contribution >= 4 is 38.4 Å². The molecule has 5 nitrogen and oxygen atoms in total. The van der Waals surface area contributed by atoms with Gasteiger partial charge in [0.05, 0.1) is 5.56 Å². The Bertz CT molecular complexity index is 1270. The number of rotatable bonds is 2. The molecule has 1 amide bonds. The number of hydrogen-bond donors (Lipinski definition) is 1. The van der Waals surface area contributed by atoms with E-state index in [2.05, 4.69) is 25.8 Å². The van der Waals surface area contributed by atoms with Crippen molar-refractivity contribution in [1.82, 2.24) is 9.88 Å². The number of aromatic amines is 1. The lowest BCUT2D eigenvalue weighted by atomic mass is 9.71. The number of nitrogens with zero attached hydrogens (tertiary/aromatic N) is 2. The highest BCUT2D eigenvalue weighted by molar-refractivity contribution is 9.10. The fourth-order valence-electron chi connectivity index (χ4n) is 5.18. The van der Waals surface area contributed by atoms with Crippen LogP contribution in [-0.4, -0.2) is 42.0 Å². The van der Waals surface area contributed by atoms with Crippen molar-refractivity contribution in [2.45, 2.75) is 25.7 Å². The first-order valence-corrected chi connectivity index (χ1v) is 11.9. The van der Waals surface area contributed by atoms with Crippen molar-refractivity contribution in [3.8, 4) is 0 Å². The molecule has 1 spiro atoms. The number of amides is 1. The van der Waals surface area contributed by atoms with Crippen LogP contribution in [0.25, 0.3) is 10.9 Å². The second kappa shape index (κ2) is 8.56. The van der Waals surface area contributed by atoms with Crippen LogP contribution in [-0.2, 0) is 0 Å². The van der Waals surface area contributed by atoms with Gasteiger partial charge in [-0.3, -0.25) is 9.59 Å². The predicted molar refractivity (Wildman–Crippen MR) is 128 cm³/mol. The van der Waals surface area contributed by atoms with Crippen molar-refractivity contribution < 1.29 is 13.6 Å². The van der Waals surface area contributed by atoms with Crippen LogP contribution in [0.2, 0.25) is 0 Å². The lowest BCUT2D eigenvalue weighted by molar-refractivity contribution is 0.0516. The van der Waals surface area contributed by atoms with Crippen LogP contribution in [0.5, 0.6) is 0 Å². The number of nitrogens with one attached hydrogen (secondary N) is 1. The van der Waals surface area contributed by atoms with E-state index >= 15 is 0 Å². The van der Waals surface area contributed by atoms with Gasteiger partial charge in [0.25, 0.3) is 5.91 Å². The molecule has 0 unspecified atom stereocenters. The maximum Gasteiger partial charge on any atom is 0.254 e.